The van der Waals surface area contributed by atoms with Crippen LogP contribution in [-0.4, -0.2) is 11.9 Å². The van der Waals surface area contributed by atoms with Gasteiger partial charge in [0.25, 0.3) is 0 Å². The number of nitrogens with one attached hydrogen (secondary N) is 1. The first kappa shape index (κ1) is 11.5. The molecule has 1 aromatic rings. The molecule has 2 nitrogen and oxygen atoms in total. The van der Waals surface area contributed by atoms with Crippen molar-refractivity contribution in [3.8, 4) is 0 Å². The molecule has 2 heteroatoms. The van der Waals surface area contributed by atoms with E-state index in [4.69, 9.17) is 0 Å². The number of hydrogen-bond donors (Lipinski definition) is 1. The predicted molar refractivity (Wildman–Crippen MR) is 72.9 cm³/mol. The maximum atomic E-state index is 11.9. The highest BCUT2D eigenvalue weighted by Gasteiger charge is 2.39. The number of fused-ring (bicyclic) bond motifs is 2. The van der Waals surface area contributed by atoms with Crippen LogP contribution in [0, 0.1) is 11.8 Å². The van der Waals surface area contributed by atoms with Gasteiger partial charge in [0.1, 0.15) is 0 Å². The van der Waals surface area contributed by atoms with Crippen molar-refractivity contribution in [2.24, 2.45) is 11.8 Å². The zero-order valence-corrected chi connectivity index (χ0v) is 10.5. The maximum Gasteiger partial charge on any atom is 0.244 e. The van der Waals surface area contributed by atoms with Gasteiger partial charge in [-0.25, -0.2) is 0 Å². The highest BCUT2D eigenvalue weighted by Crippen LogP contribution is 2.44. The lowest BCUT2D eigenvalue weighted by Crippen LogP contribution is -2.37. The second-order valence-electron chi connectivity index (χ2n) is 5.53. The van der Waals surface area contributed by atoms with E-state index in [9.17, 15) is 4.79 Å². The van der Waals surface area contributed by atoms with Crippen LogP contribution < -0.4 is 5.32 Å². The quantitative estimate of drug-likeness (QED) is 0.810. The smallest absolute Gasteiger partial charge is 0.244 e. The zero-order valence-electron chi connectivity index (χ0n) is 10.5. The van der Waals surface area contributed by atoms with Gasteiger partial charge in [0.05, 0.1) is 0 Å². The van der Waals surface area contributed by atoms with Gasteiger partial charge in [0.15, 0.2) is 0 Å². The van der Waals surface area contributed by atoms with Gasteiger partial charge in [-0.15, -0.1) is 0 Å². The largest absolute Gasteiger partial charge is 0.350 e. The molecule has 2 bridgehead atoms. The number of carbonyl (C=O) groups excluding carboxylic acids is 1. The molecule has 1 amide bonds. The van der Waals surface area contributed by atoms with Crippen molar-refractivity contribution in [1.82, 2.24) is 5.32 Å². The molecule has 2 saturated carbocycles. The van der Waals surface area contributed by atoms with Gasteiger partial charge < -0.3 is 5.32 Å². The Kier molecular flexibility index (Phi) is 3.18. The van der Waals surface area contributed by atoms with E-state index in [0.717, 1.165) is 17.4 Å². The van der Waals surface area contributed by atoms with Crippen LogP contribution in [0.2, 0.25) is 0 Å². The topological polar surface area (TPSA) is 29.1 Å². The zero-order chi connectivity index (χ0) is 12.4. The molecule has 0 heterocycles. The fraction of sp³-hybridized carbons (Fsp3) is 0.438. The SMILES string of the molecule is O=C(/C=C/c1ccccc1)N[C@H]1C[C@H]2CC[C@H]1C2. The van der Waals surface area contributed by atoms with E-state index in [2.05, 4.69) is 5.32 Å². The molecule has 94 valence electrons. The summed E-state index contributed by atoms with van der Waals surface area (Å²) in [6.07, 6.45) is 8.72. The van der Waals surface area contributed by atoms with Crippen LogP contribution in [0.25, 0.3) is 6.08 Å². The van der Waals surface area contributed by atoms with E-state index in [0.29, 0.717) is 6.04 Å². The molecule has 2 aliphatic carbocycles. The number of carbonyl (C=O) groups is 1. The molecule has 18 heavy (non-hydrogen) atoms. The molecule has 0 aromatic heterocycles. The van der Waals surface area contributed by atoms with Gasteiger partial charge in [-0.3, -0.25) is 4.79 Å². The average molecular weight is 241 g/mol. The van der Waals surface area contributed by atoms with Crippen molar-refractivity contribution < 1.29 is 4.79 Å². The lowest BCUT2D eigenvalue weighted by Gasteiger charge is -2.22. The highest BCUT2D eigenvalue weighted by molar-refractivity contribution is 5.91. The van der Waals surface area contributed by atoms with Gasteiger partial charge in [0, 0.05) is 12.1 Å². The van der Waals surface area contributed by atoms with Crippen LogP contribution in [0.1, 0.15) is 31.2 Å². The highest BCUT2D eigenvalue weighted by atomic mass is 16.1. The fourth-order valence-corrected chi connectivity index (χ4v) is 3.39. The monoisotopic (exact) mass is 241 g/mol. The van der Waals surface area contributed by atoms with Gasteiger partial charge in [-0.05, 0) is 42.7 Å². The molecular weight excluding hydrogens is 222 g/mol. The summed E-state index contributed by atoms with van der Waals surface area (Å²) in [5, 5.41) is 3.15. The van der Waals surface area contributed by atoms with Gasteiger partial charge in [-0.2, -0.15) is 0 Å². The molecule has 0 spiro atoms. The van der Waals surface area contributed by atoms with E-state index in [1.54, 1.807) is 6.08 Å². The van der Waals surface area contributed by atoms with Crippen molar-refractivity contribution in [2.45, 2.75) is 31.7 Å². The second kappa shape index (κ2) is 4.97. The summed E-state index contributed by atoms with van der Waals surface area (Å²) < 4.78 is 0. The van der Waals surface area contributed by atoms with E-state index in [-0.39, 0.29) is 5.91 Å². The van der Waals surface area contributed by atoms with Crippen LogP contribution in [-0.2, 0) is 4.79 Å². The molecule has 3 rings (SSSR count). The normalized spacial score (nSPS) is 29.9. The molecule has 0 unspecified atom stereocenters. The Morgan fingerprint density at radius 3 is 2.67 bits per heavy atom. The first-order valence-electron chi connectivity index (χ1n) is 6.85. The van der Waals surface area contributed by atoms with E-state index >= 15 is 0 Å². The minimum Gasteiger partial charge on any atom is -0.350 e. The van der Waals surface area contributed by atoms with Crippen LogP contribution in [0.15, 0.2) is 36.4 Å². The van der Waals surface area contributed by atoms with Crippen molar-refractivity contribution in [2.75, 3.05) is 0 Å². The Morgan fingerprint density at radius 2 is 2.00 bits per heavy atom. The summed E-state index contributed by atoms with van der Waals surface area (Å²) in [7, 11) is 0. The van der Waals surface area contributed by atoms with E-state index < -0.39 is 0 Å². The van der Waals surface area contributed by atoms with Gasteiger partial charge in [0.2, 0.25) is 5.91 Å². The Labute approximate surface area is 108 Å². The second-order valence-corrected chi connectivity index (χ2v) is 5.53. The number of benzene rings is 1. The molecule has 1 N–H and O–H groups in total. The van der Waals surface area contributed by atoms with Crippen LogP contribution in [0.4, 0.5) is 0 Å². The number of rotatable bonds is 3. The summed E-state index contributed by atoms with van der Waals surface area (Å²) in [5.41, 5.74) is 1.07. The van der Waals surface area contributed by atoms with Crippen LogP contribution >= 0.6 is 0 Å². The minimum atomic E-state index is 0.0522. The third-order valence-corrected chi connectivity index (χ3v) is 4.29. The lowest BCUT2D eigenvalue weighted by molar-refractivity contribution is -0.117. The molecule has 0 aliphatic heterocycles. The predicted octanol–water partition coefficient (Wildman–Crippen LogP) is 3.00. The summed E-state index contributed by atoms with van der Waals surface area (Å²) >= 11 is 0. The fourth-order valence-electron chi connectivity index (χ4n) is 3.39. The molecule has 0 radical (unpaired) electrons. The van der Waals surface area contributed by atoms with Gasteiger partial charge >= 0.3 is 0 Å². The lowest BCUT2D eigenvalue weighted by atomic mass is 9.95. The number of amides is 1. The third kappa shape index (κ3) is 2.47. The van der Waals surface area contributed by atoms with Crippen molar-refractivity contribution in [3.05, 3.63) is 42.0 Å². The Balaban J connectivity index is 1.55. The molecule has 3 atom stereocenters. The van der Waals surface area contributed by atoms with Crippen LogP contribution in [0.5, 0.6) is 0 Å². The Morgan fingerprint density at radius 1 is 1.17 bits per heavy atom. The summed E-state index contributed by atoms with van der Waals surface area (Å²) in [6.45, 7) is 0. The molecule has 2 fully saturated rings. The molecule has 0 saturated heterocycles. The van der Waals surface area contributed by atoms with Gasteiger partial charge in [-0.1, -0.05) is 36.8 Å². The molecule has 1 aromatic carbocycles. The third-order valence-electron chi connectivity index (χ3n) is 4.29. The maximum absolute atomic E-state index is 11.9. The summed E-state index contributed by atoms with van der Waals surface area (Å²) in [5.74, 6) is 1.67. The van der Waals surface area contributed by atoms with Crippen LogP contribution in [0.3, 0.4) is 0 Å². The Hall–Kier alpha value is -1.57. The van der Waals surface area contributed by atoms with Crippen molar-refractivity contribution in [1.29, 1.82) is 0 Å². The number of hydrogen-bond acceptors (Lipinski definition) is 1. The minimum absolute atomic E-state index is 0.0522. The Bertz CT molecular complexity index is 451. The first-order valence-corrected chi connectivity index (χ1v) is 6.85. The summed E-state index contributed by atoms with van der Waals surface area (Å²) in [4.78, 5) is 11.9. The van der Waals surface area contributed by atoms with E-state index in [1.165, 1.54) is 25.7 Å². The molecular formula is C16H19NO. The van der Waals surface area contributed by atoms with E-state index in [1.807, 2.05) is 36.4 Å². The van der Waals surface area contributed by atoms with Crippen molar-refractivity contribution in [3.63, 3.8) is 0 Å². The standard InChI is InChI=1S/C16H19NO/c18-16(9-7-12-4-2-1-3-5-12)17-15-11-13-6-8-14(15)10-13/h1-5,7,9,13-15H,6,8,10-11H2,(H,17,18)/b9-7+/t13-,14-,15-/m0/s1. The van der Waals surface area contributed by atoms with Crippen molar-refractivity contribution >= 4 is 12.0 Å². The average Bonchev–Trinajstić information content (AvgIpc) is 3.00. The first-order chi connectivity index (χ1) is 8.81. The molecule has 2 aliphatic rings. The summed E-state index contributed by atoms with van der Waals surface area (Å²) in [6, 6.07) is 10.4.